The molecule has 1 aromatic heterocycles. The average Bonchev–Trinajstić information content (AvgIpc) is 2.65. The first kappa shape index (κ1) is 11.4. The standard InChI is InChI=1S/C9H11N3O2S/c1-2-3-4-14-12-7(5-13)8-6-15-9(10)11-8/h2-3,5-6H,4H2,1H3,(H2,10,11). The number of allylic oxidation sites excluding steroid dienone is 1. The van der Waals surface area contributed by atoms with Crippen LogP contribution >= 0.6 is 11.3 Å². The fraction of sp³-hybridized carbons (Fsp3) is 0.222. The largest absolute Gasteiger partial charge is 0.391 e. The highest BCUT2D eigenvalue weighted by Crippen LogP contribution is 2.11. The first-order valence-corrected chi connectivity index (χ1v) is 5.13. The molecule has 0 saturated heterocycles. The molecule has 1 rings (SSSR count). The zero-order valence-corrected chi connectivity index (χ0v) is 9.03. The number of aromatic nitrogens is 1. The van der Waals surface area contributed by atoms with Crippen molar-refractivity contribution in [2.45, 2.75) is 6.92 Å². The highest BCUT2D eigenvalue weighted by atomic mass is 32.1. The van der Waals surface area contributed by atoms with Crippen molar-refractivity contribution in [3.05, 3.63) is 23.2 Å². The average molecular weight is 225 g/mol. The van der Waals surface area contributed by atoms with Crippen LogP contribution in [0.4, 0.5) is 5.13 Å². The molecule has 15 heavy (non-hydrogen) atoms. The van der Waals surface area contributed by atoms with Crippen molar-refractivity contribution in [1.29, 1.82) is 0 Å². The molecule has 0 aliphatic rings. The Kier molecular flexibility index (Phi) is 4.49. The van der Waals surface area contributed by atoms with Gasteiger partial charge in [0.25, 0.3) is 0 Å². The number of carbonyl (C=O) groups excluding carboxylic acids is 1. The van der Waals surface area contributed by atoms with Gasteiger partial charge < -0.3 is 10.6 Å². The van der Waals surface area contributed by atoms with Gasteiger partial charge in [-0.05, 0) is 13.0 Å². The predicted molar refractivity (Wildman–Crippen MR) is 59.9 cm³/mol. The fourth-order valence-electron chi connectivity index (χ4n) is 0.780. The molecule has 80 valence electrons. The SMILES string of the molecule is CC=CCON=C(C=O)c1csc(N)n1. The van der Waals surface area contributed by atoms with E-state index in [0.29, 0.717) is 23.7 Å². The summed E-state index contributed by atoms with van der Waals surface area (Å²) in [5.41, 5.74) is 6.02. The highest BCUT2D eigenvalue weighted by molar-refractivity contribution is 7.13. The lowest BCUT2D eigenvalue weighted by molar-refractivity contribution is -0.102. The normalized spacial score (nSPS) is 11.9. The Morgan fingerprint density at radius 2 is 2.60 bits per heavy atom. The molecule has 0 atom stereocenters. The molecule has 1 aromatic rings. The van der Waals surface area contributed by atoms with E-state index in [1.165, 1.54) is 11.3 Å². The van der Waals surface area contributed by atoms with Gasteiger partial charge in [0, 0.05) is 5.38 Å². The number of aldehydes is 1. The molecule has 0 bridgehead atoms. The highest BCUT2D eigenvalue weighted by Gasteiger charge is 2.06. The van der Waals surface area contributed by atoms with E-state index >= 15 is 0 Å². The summed E-state index contributed by atoms with van der Waals surface area (Å²) < 4.78 is 0. The van der Waals surface area contributed by atoms with Crippen LogP contribution in [0.3, 0.4) is 0 Å². The molecule has 0 aromatic carbocycles. The summed E-state index contributed by atoms with van der Waals surface area (Å²) in [5, 5.41) is 5.70. The molecule has 0 amide bonds. The van der Waals surface area contributed by atoms with E-state index in [1.807, 2.05) is 13.0 Å². The quantitative estimate of drug-likeness (QED) is 0.269. The molecule has 0 aliphatic heterocycles. The van der Waals surface area contributed by atoms with Gasteiger partial charge in [-0.15, -0.1) is 11.3 Å². The van der Waals surface area contributed by atoms with E-state index in [1.54, 1.807) is 11.5 Å². The second-order valence-corrected chi connectivity index (χ2v) is 3.42. The predicted octanol–water partition coefficient (Wildman–Crippen LogP) is 1.22. The number of oxime groups is 1. The van der Waals surface area contributed by atoms with Crippen molar-refractivity contribution in [3.8, 4) is 0 Å². The molecule has 0 radical (unpaired) electrons. The van der Waals surface area contributed by atoms with Gasteiger partial charge in [-0.2, -0.15) is 0 Å². The van der Waals surface area contributed by atoms with Gasteiger partial charge in [-0.3, -0.25) is 4.79 Å². The van der Waals surface area contributed by atoms with Crippen LogP contribution in [0.25, 0.3) is 0 Å². The van der Waals surface area contributed by atoms with Gasteiger partial charge >= 0.3 is 0 Å². The number of carbonyl (C=O) groups is 1. The van der Waals surface area contributed by atoms with Gasteiger partial charge in [-0.25, -0.2) is 4.98 Å². The summed E-state index contributed by atoms with van der Waals surface area (Å²) in [7, 11) is 0. The third-order valence-electron chi connectivity index (χ3n) is 1.47. The van der Waals surface area contributed by atoms with Gasteiger partial charge in [-0.1, -0.05) is 11.2 Å². The number of anilines is 1. The fourth-order valence-corrected chi connectivity index (χ4v) is 1.34. The van der Waals surface area contributed by atoms with E-state index in [4.69, 9.17) is 10.6 Å². The monoisotopic (exact) mass is 225 g/mol. The number of nitrogens with two attached hydrogens (primary N) is 1. The molecular formula is C9H11N3O2S. The minimum absolute atomic E-state index is 0.146. The zero-order chi connectivity index (χ0) is 11.1. The van der Waals surface area contributed by atoms with E-state index in [0.717, 1.165) is 0 Å². The maximum atomic E-state index is 10.7. The summed E-state index contributed by atoms with van der Waals surface area (Å²) in [4.78, 5) is 19.5. The lowest BCUT2D eigenvalue weighted by atomic mass is 10.3. The Morgan fingerprint density at radius 3 is 3.13 bits per heavy atom. The van der Waals surface area contributed by atoms with Gasteiger partial charge in [0.15, 0.2) is 17.1 Å². The van der Waals surface area contributed by atoms with E-state index in [-0.39, 0.29) is 5.71 Å². The van der Waals surface area contributed by atoms with E-state index < -0.39 is 0 Å². The van der Waals surface area contributed by atoms with Crippen LogP contribution in [0, 0.1) is 0 Å². The molecule has 0 unspecified atom stereocenters. The number of thiazole rings is 1. The van der Waals surface area contributed by atoms with Crippen molar-refractivity contribution in [3.63, 3.8) is 0 Å². The maximum absolute atomic E-state index is 10.7. The van der Waals surface area contributed by atoms with Crippen molar-refractivity contribution in [2.24, 2.45) is 5.16 Å². The Morgan fingerprint density at radius 1 is 1.80 bits per heavy atom. The molecule has 0 spiro atoms. The van der Waals surface area contributed by atoms with Crippen LogP contribution in [-0.2, 0) is 9.63 Å². The smallest absolute Gasteiger partial charge is 0.180 e. The molecule has 0 fully saturated rings. The Hall–Kier alpha value is -1.69. The van der Waals surface area contributed by atoms with Crippen LogP contribution in [-0.4, -0.2) is 23.6 Å². The number of hydrogen-bond donors (Lipinski definition) is 1. The zero-order valence-electron chi connectivity index (χ0n) is 8.21. The third-order valence-corrected chi connectivity index (χ3v) is 2.14. The van der Waals surface area contributed by atoms with Gasteiger partial charge in [0.1, 0.15) is 12.3 Å². The summed E-state index contributed by atoms with van der Waals surface area (Å²) in [6.07, 6.45) is 4.20. The molecular weight excluding hydrogens is 214 g/mol. The lowest BCUT2D eigenvalue weighted by Gasteiger charge is -1.94. The molecule has 1 heterocycles. The van der Waals surface area contributed by atoms with E-state index in [2.05, 4.69) is 10.1 Å². The van der Waals surface area contributed by atoms with Crippen molar-refractivity contribution in [1.82, 2.24) is 4.98 Å². The Labute approximate surface area is 91.3 Å². The number of nitrogens with zero attached hydrogens (tertiary/aromatic N) is 2. The second-order valence-electron chi connectivity index (χ2n) is 2.53. The first-order valence-electron chi connectivity index (χ1n) is 4.25. The summed E-state index contributed by atoms with van der Waals surface area (Å²) in [6, 6.07) is 0. The summed E-state index contributed by atoms with van der Waals surface area (Å²) >= 11 is 1.25. The number of nitrogen functional groups attached to an aromatic ring is 1. The third kappa shape index (κ3) is 3.51. The number of hydrogen-bond acceptors (Lipinski definition) is 6. The van der Waals surface area contributed by atoms with Crippen molar-refractivity contribution >= 4 is 28.5 Å². The molecule has 5 nitrogen and oxygen atoms in total. The minimum atomic E-state index is 0.146. The molecule has 6 heteroatoms. The second kappa shape index (κ2) is 5.92. The Balaban J connectivity index is 2.66. The molecule has 0 aliphatic carbocycles. The van der Waals surface area contributed by atoms with Crippen molar-refractivity contribution < 1.29 is 9.63 Å². The van der Waals surface area contributed by atoms with Crippen LogP contribution in [0.15, 0.2) is 22.7 Å². The van der Waals surface area contributed by atoms with E-state index in [9.17, 15) is 4.79 Å². The minimum Gasteiger partial charge on any atom is -0.391 e. The molecule has 2 N–H and O–H groups in total. The number of rotatable bonds is 5. The lowest BCUT2D eigenvalue weighted by Crippen LogP contribution is -2.04. The van der Waals surface area contributed by atoms with Crippen LogP contribution in [0.2, 0.25) is 0 Å². The van der Waals surface area contributed by atoms with Crippen LogP contribution in [0.1, 0.15) is 12.6 Å². The first-order chi connectivity index (χ1) is 7.27. The van der Waals surface area contributed by atoms with Crippen LogP contribution < -0.4 is 5.73 Å². The summed E-state index contributed by atoms with van der Waals surface area (Å²) in [6.45, 7) is 2.20. The van der Waals surface area contributed by atoms with Gasteiger partial charge in [0.05, 0.1) is 0 Å². The van der Waals surface area contributed by atoms with Crippen molar-refractivity contribution in [2.75, 3.05) is 12.3 Å². The maximum Gasteiger partial charge on any atom is 0.180 e. The Bertz CT molecular complexity index is 384. The molecule has 0 saturated carbocycles. The topological polar surface area (TPSA) is 77.6 Å². The summed E-state index contributed by atoms with van der Waals surface area (Å²) in [5.74, 6) is 0. The van der Waals surface area contributed by atoms with Crippen LogP contribution in [0.5, 0.6) is 0 Å². The van der Waals surface area contributed by atoms with Gasteiger partial charge in [0.2, 0.25) is 0 Å².